The van der Waals surface area contributed by atoms with Crippen molar-refractivity contribution in [2.45, 2.75) is 0 Å². The van der Waals surface area contributed by atoms with Crippen LogP contribution in [0.5, 0.6) is 0 Å². The van der Waals surface area contributed by atoms with E-state index in [2.05, 4.69) is 25.3 Å². The predicted molar refractivity (Wildman–Crippen MR) is 77.9 cm³/mol. The first kappa shape index (κ1) is 12.3. The largest absolute Gasteiger partial charge is 0.372 e. The molecule has 3 aromatic heterocycles. The third kappa shape index (κ3) is 2.13. The van der Waals surface area contributed by atoms with Gasteiger partial charge >= 0.3 is 0 Å². The minimum atomic E-state index is 0.674. The summed E-state index contributed by atoms with van der Waals surface area (Å²) in [6, 6.07) is 1.91. The second-order valence-corrected chi connectivity index (χ2v) is 4.58. The number of hydrogen-bond acceptors (Lipinski definition) is 6. The Bertz CT molecular complexity index is 730. The molecule has 0 spiro atoms. The summed E-state index contributed by atoms with van der Waals surface area (Å²) in [5.41, 5.74) is 2.50. The van der Waals surface area contributed by atoms with E-state index in [1.165, 1.54) is 0 Å². The lowest BCUT2D eigenvalue weighted by Crippen LogP contribution is -2.12. The minimum absolute atomic E-state index is 0.674. The molecule has 0 aliphatic heterocycles. The van der Waals surface area contributed by atoms with Crippen molar-refractivity contribution >= 4 is 17.4 Å². The molecular weight excluding hydrogens is 254 g/mol. The standard InChI is InChI=1S/C13H15N7/c1-14-11-7-20-8-17-10(4-12(20)18-11)9-5-15-13(16-6-9)19(2)3/h4-8,14H,1-3H3. The van der Waals surface area contributed by atoms with Crippen LogP contribution in [0.2, 0.25) is 0 Å². The van der Waals surface area contributed by atoms with E-state index in [1.807, 2.05) is 42.7 Å². The van der Waals surface area contributed by atoms with Gasteiger partial charge < -0.3 is 10.2 Å². The van der Waals surface area contributed by atoms with Crippen molar-refractivity contribution in [3.8, 4) is 11.3 Å². The fourth-order valence-corrected chi connectivity index (χ4v) is 1.85. The quantitative estimate of drug-likeness (QED) is 0.772. The highest BCUT2D eigenvalue weighted by Crippen LogP contribution is 2.18. The Labute approximate surface area is 116 Å². The van der Waals surface area contributed by atoms with Gasteiger partial charge in [0.05, 0.1) is 11.9 Å². The summed E-state index contributed by atoms with van der Waals surface area (Å²) in [4.78, 5) is 19.3. The van der Waals surface area contributed by atoms with Crippen molar-refractivity contribution in [1.29, 1.82) is 0 Å². The first-order valence-corrected chi connectivity index (χ1v) is 6.19. The molecule has 0 fully saturated rings. The van der Waals surface area contributed by atoms with E-state index in [-0.39, 0.29) is 0 Å². The lowest BCUT2D eigenvalue weighted by Gasteiger charge is -2.09. The fraction of sp³-hybridized carbons (Fsp3) is 0.231. The molecular formula is C13H15N7. The minimum Gasteiger partial charge on any atom is -0.372 e. The summed E-state index contributed by atoms with van der Waals surface area (Å²) in [7, 11) is 5.65. The molecule has 102 valence electrons. The van der Waals surface area contributed by atoms with Gasteiger partial charge in [-0.25, -0.2) is 19.9 Å². The zero-order valence-electron chi connectivity index (χ0n) is 11.6. The molecule has 0 saturated carbocycles. The van der Waals surface area contributed by atoms with Crippen molar-refractivity contribution in [3.63, 3.8) is 0 Å². The molecule has 0 bridgehead atoms. The van der Waals surface area contributed by atoms with Crippen molar-refractivity contribution in [3.05, 3.63) is 31.0 Å². The molecule has 0 amide bonds. The Morgan fingerprint density at radius 1 is 1.15 bits per heavy atom. The molecule has 0 atom stereocenters. The number of nitrogens with zero attached hydrogens (tertiary/aromatic N) is 6. The van der Waals surface area contributed by atoms with Gasteiger partial charge in [-0.3, -0.25) is 4.40 Å². The van der Waals surface area contributed by atoms with Crippen LogP contribution in [0.15, 0.2) is 31.0 Å². The molecule has 7 nitrogen and oxygen atoms in total. The maximum Gasteiger partial charge on any atom is 0.224 e. The molecule has 20 heavy (non-hydrogen) atoms. The highest BCUT2D eigenvalue weighted by molar-refractivity contribution is 5.63. The zero-order chi connectivity index (χ0) is 14.1. The van der Waals surface area contributed by atoms with Crippen molar-refractivity contribution < 1.29 is 0 Å². The van der Waals surface area contributed by atoms with E-state index in [0.717, 1.165) is 22.7 Å². The molecule has 3 heterocycles. The number of fused-ring (bicyclic) bond motifs is 1. The molecule has 0 saturated heterocycles. The first-order chi connectivity index (χ1) is 9.67. The summed E-state index contributed by atoms with van der Waals surface area (Å²) in [5.74, 6) is 1.48. The average Bonchev–Trinajstić information content (AvgIpc) is 2.89. The van der Waals surface area contributed by atoms with Gasteiger partial charge in [0.25, 0.3) is 0 Å². The number of hydrogen-bond donors (Lipinski definition) is 1. The van der Waals surface area contributed by atoms with Gasteiger partial charge in [-0.15, -0.1) is 0 Å². The third-order valence-electron chi connectivity index (χ3n) is 2.94. The van der Waals surface area contributed by atoms with Gasteiger partial charge in [-0.05, 0) is 0 Å². The van der Waals surface area contributed by atoms with E-state index in [4.69, 9.17) is 0 Å². The second kappa shape index (κ2) is 4.76. The Balaban J connectivity index is 2.00. The van der Waals surface area contributed by atoms with E-state index < -0.39 is 0 Å². The summed E-state index contributed by atoms with van der Waals surface area (Å²) in [6.07, 6.45) is 7.16. The van der Waals surface area contributed by atoms with E-state index >= 15 is 0 Å². The smallest absolute Gasteiger partial charge is 0.224 e. The van der Waals surface area contributed by atoms with Crippen molar-refractivity contribution in [1.82, 2.24) is 24.3 Å². The summed E-state index contributed by atoms with van der Waals surface area (Å²) in [6.45, 7) is 0. The molecule has 3 aromatic rings. The Hall–Kier alpha value is -2.70. The van der Waals surface area contributed by atoms with E-state index in [9.17, 15) is 0 Å². The lowest BCUT2D eigenvalue weighted by atomic mass is 10.2. The van der Waals surface area contributed by atoms with Crippen molar-refractivity contribution in [2.75, 3.05) is 31.4 Å². The number of imidazole rings is 1. The van der Waals surface area contributed by atoms with Crippen molar-refractivity contribution in [2.24, 2.45) is 0 Å². The molecule has 0 aromatic carbocycles. The number of rotatable bonds is 3. The highest BCUT2D eigenvalue weighted by atomic mass is 15.2. The molecule has 0 aliphatic carbocycles. The van der Waals surface area contributed by atoms with E-state index in [0.29, 0.717) is 5.95 Å². The van der Waals surface area contributed by atoms with Gasteiger partial charge in [-0.1, -0.05) is 0 Å². The van der Waals surface area contributed by atoms with Gasteiger partial charge in [0.1, 0.15) is 17.8 Å². The van der Waals surface area contributed by atoms with Crippen LogP contribution in [0.1, 0.15) is 0 Å². The monoisotopic (exact) mass is 269 g/mol. The SMILES string of the molecule is CNc1cn2cnc(-c3cnc(N(C)C)nc3)cc2n1. The molecule has 7 heteroatoms. The highest BCUT2D eigenvalue weighted by Gasteiger charge is 2.06. The Morgan fingerprint density at radius 3 is 2.55 bits per heavy atom. The summed E-state index contributed by atoms with van der Waals surface area (Å²) < 4.78 is 1.87. The molecule has 0 aliphatic rings. The van der Waals surface area contributed by atoms with Crippen LogP contribution in [-0.4, -0.2) is 45.5 Å². The van der Waals surface area contributed by atoms with Gasteiger partial charge in [0.2, 0.25) is 5.95 Å². The van der Waals surface area contributed by atoms with Crippen LogP contribution in [0.25, 0.3) is 16.9 Å². The molecule has 0 radical (unpaired) electrons. The topological polar surface area (TPSA) is 71.2 Å². The van der Waals surface area contributed by atoms with Gasteiger partial charge in [-0.2, -0.15) is 0 Å². The number of anilines is 2. The normalized spacial score (nSPS) is 10.8. The second-order valence-electron chi connectivity index (χ2n) is 4.58. The zero-order valence-corrected chi connectivity index (χ0v) is 11.6. The van der Waals surface area contributed by atoms with Crippen LogP contribution in [0.4, 0.5) is 11.8 Å². The predicted octanol–water partition coefficient (Wildman–Crippen LogP) is 1.29. The van der Waals surface area contributed by atoms with E-state index in [1.54, 1.807) is 18.7 Å². The summed E-state index contributed by atoms with van der Waals surface area (Å²) in [5, 5.41) is 3.01. The van der Waals surface area contributed by atoms with Gasteiger partial charge in [0, 0.05) is 45.2 Å². The van der Waals surface area contributed by atoms with Gasteiger partial charge in [0.15, 0.2) is 0 Å². The number of nitrogens with one attached hydrogen (secondary N) is 1. The third-order valence-corrected chi connectivity index (χ3v) is 2.94. The van der Waals surface area contributed by atoms with Crippen LogP contribution in [-0.2, 0) is 0 Å². The first-order valence-electron chi connectivity index (χ1n) is 6.19. The Morgan fingerprint density at radius 2 is 1.90 bits per heavy atom. The fourth-order valence-electron chi connectivity index (χ4n) is 1.85. The molecule has 3 rings (SSSR count). The average molecular weight is 269 g/mol. The maximum atomic E-state index is 4.43. The summed E-state index contributed by atoms with van der Waals surface area (Å²) >= 11 is 0. The molecule has 0 unspecified atom stereocenters. The van der Waals surface area contributed by atoms with Crippen LogP contribution in [0, 0.1) is 0 Å². The maximum absolute atomic E-state index is 4.43. The van der Waals surface area contributed by atoms with Crippen LogP contribution < -0.4 is 10.2 Å². The lowest BCUT2D eigenvalue weighted by molar-refractivity contribution is 0.997. The van der Waals surface area contributed by atoms with Crippen LogP contribution >= 0.6 is 0 Å². The Kier molecular flexibility index (Phi) is 2.94. The molecule has 1 N–H and O–H groups in total. The number of aromatic nitrogens is 5. The van der Waals surface area contributed by atoms with Crippen LogP contribution in [0.3, 0.4) is 0 Å².